The van der Waals surface area contributed by atoms with Gasteiger partial charge in [0.25, 0.3) is 11.7 Å². The Balaban J connectivity index is 1.63. The van der Waals surface area contributed by atoms with Crippen molar-refractivity contribution in [3.63, 3.8) is 0 Å². The first-order chi connectivity index (χ1) is 19.1. The fourth-order valence-corrected chi connectivity index (χ4v) is 4.42. The Kier molecular flexibility index (Phi) is 8.90. The number of nitrogens with two attached hydrogens (primary N) is 1. The minimum absolute atomic E-state index is 0.00910. The highest BCUT2D eigenvalue weighted by atomic mass is 16.5. The van der Waals surface area contributed by atoms with E-state index in [2.05, 4.69) is 46.7 Å². The number of aromatic nitrogens is 4. The molecule has 1 aliphatic rings. The lowest BCUT2D eigenvalue weighted by Crippen LogP contribution is -2.31. The average molecular weight is 548 g/mol. The van der Waals surface area contributed by atoms with Gasteiger partial charge in [-0.2, -0.15) is 4.98 Å². The Bertz CT molecular complexity index is 1400. The molecule has 0 fully saturated rings. The number of aliphatic imine (C=N–C) groups is 1. The maximum Gasteiger partial charge on any atom is 0.293 e. The molecule has 212 valence electrons. The van der Waals surface area contributed by atoms with Crippen LogP contribution in [-0.4, -0.2) is 69.0 Å². The smallest absolute Gasteiger partial charge is 0.293 e. The number of aliphatic hydroxyl groups excluding tert-OH is 1. The van der Waals surface area contributed by atoms with Crippen molar-refractivity contribution in [1.82, 2.24) is 30.3 Å². The second-order valence-corrected chi connectivity index (χ2v) is 10.8. The van der Waals surface area contributed by atoms with Gasteiger partial charge in [0.15, 0.2) is 0 Å². The lowest BCUT2D eigenvalue weighted by atomic mass is 9.96. The molecule has 1 amide bonds. The number of nitrogens with one attached hydrogen (secondary N) is 2. The van der Waals surface area contributed by atoms with Crippen molar-refractivity contribution in [3.05, 3.63) is 64.7 Å². The van der Waals surface area contributed by atoms with E-state index < -0.39 is 5.91 Å². The van der Waals surface area contributed by atoms with Gasteiger partial charge >= 0.3 is 0 Å². The molecule has 40 heavy (non-hydrogen) atoms. The number of rotatable bonds is 8. The van der Waals surface area contributed by atoms with Gasteiger partial charge in [0.2, 0.25) is 11.8 Å². The zero-order valence-corrected chi connectivity index (χ0v) is 23.6. The number of carbonyl (C=O) groups excluding carboxylic acids is 1. The predicted octanol–water partition coefficient (Wildman–Crippen LogP) is 2.80. The lowest BCUT2D eigenvalue weighted by Gasteiger charge is -2.19. The first-order valence-corrected chi connectivity index (χ1v) is 13.2. The van der Waals surface area contributed by atoms with Crippen molar-refractivity contribution in [2.45, 2.75) is 52.1 Å². The molecule has 1 unspecified atom stereocenters. The molecule has 4 rings (SSSR count). The summed E-state index contributed by atoms with van der Waals surface area (Å²) in [5.74, 6) is 0.419. The molecule has 3 aromatic rings. The summed E-state index contributed by atoms with van der Waals surface area (Å²) in [5, 5.41) is 19.7. The second-order valence-electron chi connectivity index (χ2n) is 10.8. The molecule has 5 N–H and O–H groups in total. The van der Waals surface area contributed by atoms with E-state index >= 15 is 0 Å². The summed E-state index contributed by atoms with van der Waals surface area (Å²) in [6.45, 7) is 9.50. The van der Waals surface area contributed by atoms with E-state index in [9.17, 15) is 9.90 Å². The maximum atomic E-state index is 13.1. The zero-order chi connectivity index (χ0) is 28.9. The van der Waals surface area contributed by atoms with Crippen LogP contribution in [-0.2, 0) is 12.0 Å². The number of amides is 1. The number of carbonyl (C=O) groups is 1. The van der Waals surface area contributed by atoms with Crippen LogP contribution in [0.15, 0.2) is 51.4 Å². The Morgan fingerprint density at radius 3 is 2.77 bits per heavy atom. The number of hydrogen-bond acceptors (Lipinski definition) is 11. The molecule has 1 aliphatic heterocycles. The van der Waals surface area contributed by atoms with E-state index in [0.29, 0.717) is 49.3 Å². The molecule has 0 radical (unpaired) electrons. The molecular weight excluding hydrogens is 510 g/mol. The highest BCUT2D eigenvalue weighted by Gasteiger charge is 2.28. The Hall–Kier alpha value is -4.16. The highest BCUT2D eigenvalue weighted by Crippen LogP contribution is 2.31. The molecule has 0 spiro atoms. The largest absolute Gasteiger partial charge is 0.401 e. The number of nitrogens with zero attached hydrogens (tertiary/aromatic N) is 6. The third kappa shape index (κ3) is 6.88. The minimum atomic E-state index is -0.393. The van der Waals surface area contributed by atoms with Gasteiger partial charge in [-0.3, -0.25) is 14.7 Å². The van der Waals surface area contributed by atoms with Crippen LogP contribution in [0.1, 0.15) is 67.8 Å². The van der Waals surface area contributed by atoms with Gasteiger partial charge in [0, 0.05) is 55.8 Å². The Morgan fingerprint density at radius 1 is 1.30 bits per heavy atom. The van der Waals surface area contributed by atoms with E-state index in [1.807, 2.05) is 39.0 Å². The predicted molar refractivity (Wildman–Crippen MR) is 153 cm³/mol. The van der Waals surface area contributed by atoms with E-state index in [1.54, 1.807) is 26.4 Å². The van der Waals surface area contributed by atoms with Crippen molar-refractivity contribution in [1.29, 1.82) is 0 Å². The molecule has 0 bridgehead atoms. The molecule has 12 nitrogen and oxygen atoms in total. The summed E-state index contributed by atoms with van der Waals surface area (Å²) in [5.41, 5.74) is 10.4. The Labute approximate surface area is 233 Å². The van der Waals surface area contributed by atoms with Gasteiger partial charge in [-0.1, -0.05) is 38.1 Å². The molecular formula is C28H37N9O3. The van der Waals surface area contributed by atoms with Crippen molar-refractivity contribution in [2.24, 2.45) is 10.7 Å². The van der Waals surface area contributed by atoms with Crippen LogP contribution < -0.4 is 16.4 Å². The van der Waals surface area contributed by atoms with Crippen LogP contribution in [0.4, 0.5) is 5.95 Å². The fourth-order valence-electron chi connectivity index (χ4n) is 4.42. The quantitative estimate of drug-likeness (QED) is 0.308. The number of fused-ring (bicyclic) bond motifs is 1. The van der Waals surface area contributed by atoms with Crippen molar-refractivity contribution < 1.29 is 14.4 Å². The molecule has 0 saturated heterocycles. The summed E-state index contributed by atoms with van der Waals surface area (Å²) >= 11 is 0. The van der Waals surface area contributed by atoms with Crippen molar-refractivity contribution in [2.75, 3.05) is 32.1 Å². The monoisotopic (exact) mass is 547 g/mol. The van der Waals surface area contributed by atoms with Crippen LogP contribution in [0, 0.1) is 0 Å². The van der Waals surface area contributed by atoms with Gasteiger partial charge in [0.1, 0.15) is 0 Å². The van der Waals surface area contributed by atoms with Gasteiger partial charge < -0.3 is 26.0 Å². The van der Waals surface area contributed by atoms with Crippen LogP contribution in [0.3, 0.4) is 0 Å². The van der Waals surface area contributed by atoms with Crippen molar-refractivity contribution in [3.8, 4) is 11.3 Å². The topological polar surface area (TPSA) is 168 Å². The summed E-state index contributed by atoms with van der Waals surface area (Å²) in [7, 11) is 1.67. The standard InChI is InChI=1S/C28H37N9O3/c1-17(29)23(15-30-5)34-27-31-10-8-21(33-27)18-6-7-20-19(14-18)16-37(12-13-38)11-9-22(20)32-25(39)24-35-26(40-36-24)28(2,3)4/h6-8,10,14-15,22,38H,9,11-13,16,29H2,1-5H3,(H,32,39)(H,31,33,34). The average Bonchev–Trinajstić information content (AvgIpc) is 3.36. The molecule has 2 aromatic heterocycles. The lowest BCUT2D eigenvalue weighted by molar-refractivity contribution is 0.0918. The fraction of sp³-hybridized carbons (Fsp3) is 0.429. The normalized spacial score (nSPS) is 16.8. The van der Waals surface area contributed by atoms with Gasteiger partial charge in [-0.05, 0) is 36.6 Å². The van der Waals surface area contributed by atoms with Crippen molar-refractivity contribution >= 4 is 18.1 Å². The number of hydrogen-bond donors (Lipinski definition) is 4. The van der Waals surface area contributed by atoms with E-state index in [4.69, 9.17) is 10.3 Å². The number of benzene rings is 1. The highest BCUT2D eigenvalue weighted by molar-refractivity contribution is 5.90. The number of allylic oxidation sites excluding steroid dienone is 2. The summed E-state index contributed by atoms with van der Waals surface area (Å²) in [6.07, 6.45) is 3.97. The molecule has 0 saturated carbocycles. The summed E-state index contributed by atoms with van der Waals surface area (Å²) < 4.78 is 5.32. The third-order valence-corrected chi connectivity index (χ3v) is 6.52. The van der Waals surface area contributed by atoms with Gasteiger partial charge in [-0.25, -0.2) is 9.97 Å². The first kappa shape index (κ1) is 28.8. The van der Waals surface area contributed by atoms with Gasteiger partial charge in [0.05, 0.1) is 24.0 Å². The van der Waals surface area contributed by atoms with E-state index in [0.717, 1.165) is 22.4 Å². The van der Waals surface area contributed by atoms with Crippen LogP contribution in [0.25, 0.3) is 11.3 Å². The number of anilines is 1. The number of β-amino-alcohol motifs (C(OH)–C–C–N with tert-alkyl or cyclic N) is 1. The SMILES string of the molecule is CN=CC(Nc1nccc(-c2ccc3c(c2)CN(CCO)CCC3NC(=O)c2noc(C(C)(C)C)n2)n1)=C(C)N. The molecule has 1 atom stereocenters. The van der Waals surface area contributed by atoms with Crippen LogP contribution in [0.2, 0.25) is 0 Å². The maximum absolute atomic E-state index is 13.1. The molecule has 3 heterocycles. The van der Waals surface area contributed by atoms with Crippen LogP contribution >= 0.6 is 0 Å². The van der Waals surface area contributed by atoms with Crippen LogP contribution in [0.5, 0.6) is 0 Å². The summed E-state index contributed by atoms with van der Waals surface area (Å²) in [4.78, 5) is 32.6. The summed E-state index contributed by atoms with van der Waals surface area (Å²) in [6, 6.07) is 7.64. The van der Waals surface area contributed by atoms with E-state index in [1.165, 1.54) is 0 Å². The molecule has 0 aliphatic carbocycles. The molecule has 1 aromatic carbocycles. The Morgan fingerprint density at radius 2 is 2.10 bits per heavy atom. The second kappa shape index (κ2) is 12.3. The number of aliphatic hydroxyl groups is 1. The third-order valence-electron chi connectivity index (χ3n) is 6.52. The zero-order valence-electron chi connectivity index (χ0n) is 23.6. The van der Waals surface area contributed by atoms with Gasteiger partial charge in [-0.15, -0.1) is 0 Å². The first-order valence-electron chi connectivity index (χ1n) is 13.2. The minimum Gasteiger partial charge on any atom is -0.401 e. The molecule has 12 heteroatoms. The van der Waals surface area contributed by atoms with E-state index in [-0.39, 0.29) is 23.9 Å².